The summed E-state index contributed by atoms with van der Waals surface area (Å²) in [6.45, 7) is 2.14. The monoisotopic (exact) mass is 218 g/mol. The molecule has 5 heteroatoms. The summed E-state index contributed by atoms with van der Waals surface area (Å²) in [5.41, 5.74) is 7.96. The molecule has 1 amide bonds. The number of anilines is 1. The molecule has 1 heterocycles. The number of hydrogen-bond acceptors (Lipinski definition) is 3. The topological polar surface area (TPSA) is 83.8 Å². The van der Waals surface area contributed by atoms with Crippen molar-refractivity contribution in [3.05, 3.63) is 24.5 Å². The Bertz CT molecular complexity index is 505. The Labute approximate surface area is 93.1 Å². The zero-order valence-corrected chi connectivity index (χ0v) is 9.03. The van der Waals surface area contributed by atoms with Crippen molar-refractivity contribution in [2.45, 2.75) is 6.92 Å². The number of nitrogens with two attached hydrogens (primary N) is 1. The van der Waals surface area contributed by atoms with Crippen LogP contribution in [0.4, 0.5) is 5.69 Å². The van der Waals surface area contributed by atoms with Gasteiger partial charge in [-0.15, -0.1) is 0 Å². The molecule has 1 unspecified atom stereocenters. The normalized spacial score (nSPS) is 12.6. The lowest BCUT2D eigenvalue weighted by molar-refractivity contribution is -0.119. The van der Waals surface area contributed by atoms with Gasteiger partial charge in [0.15, 0.2) is 0 Å². The Hall–Kier alpha value is -1.88. The van der Waals surface area contributed by atoms with Gasteiger partial charge < -0.3 is 16.0 Å². The van der Waals surface area contributed by atoms with Gasteiger partial charge in [0.2, 0.25) is 5.91 Å². The van der Waals surface area contributed by atoms with Crippen LogP contribution in [0.2, 0.25) is 0 Å². The van der Waals surface area contributed by atoms with Crippen molar-refractivity contribution in [2.24, 2.45) is 11.7 Å². The minimum atomic E-state index is -0.183. The second-order valence-electron chi connectivity index (χ2n) is 3.76. The molecule has 84 valence electrons. The van der Waals surface area contributed by atoms with Crippen LogP contribution in [0, 0.1) is 5.92 Å². The molecule has 2 rings (SSSR count). The molecule has 1 aromatic carbocycles. The van der Waals surface area contributed by atoms with Crippen molar-refractivity contribution < 1.29 is 4.79 Å². The molecule has 0 radical (unpaired) electrons. The standard InChI is InChI=1S/C11H14N4O/c1-7(5-12)11(16)15-8-2-3-9-10(4-8)14-6-13-9/h2-4,6-7H,5,12H2,1H3,(H,13,14)(H,15,16). The first kappa shape index (κ1) is 10.6. The number of rotatable bonds is 3. The molecule has 4 N–H and O–H groups in total. The zero-order valence-electron chi connectivity index (χ0n) is 9.03. The van der Waals surface area contributed by atoms with E-state index in [-0.39, 0.29) is 11.8 Å². The third kappa shape index (κ3) is 2.04. The third-order valence-corrected chi connectivity index (χ3v) is 2.49. The van der Waals surface area contributed by atoms with E-state index in [1.165, 1.54) is 0 Å². The molecule has 16 heavy (non-hydrogen) atoms. The number of nitrogens with one attached hydrogen (secondary N) is 2. The van der Waals surface area contributed by atoms with E-state index in [1.807, 2.05) is 18.2 Å². The van der Waals surface area contributed by atoms with E-state index in [1.54, 1.807) is 13.3 Å². The van der Waals surface area contributed by atoms with Crippen LogP contribution in [0.1, 0.15) is 6.92 Å². The van der Waals surface area contributed by atoms with E-state index in [0.29, 0.717) is 6.54 Å². The average Bonchev–Trinajstić information content (AvgIpc) is 2.75. The van der Waals surface area contributed by atoms with E-state index in [9.17, 15) is 4.79 Å². The number of carbonyl (C=O) groups is 1. The van der Waals surface area contributed by atoms with Gasteiger partial charge >= 0.3 is 0 Å². The number of amides is 1. The predicted molar refractivity (Wildman–Crippen MR) is 62.9 cm³/mol. The summed E-state index contributed by atoms with van der Waals surface area (Å²) < 4.78 is 0. The van der Waals surface area contributed by atoms with Crippen molar-refractivity contribution in [3.8, 4) is 0 Å². The van der Waals surface area contributed by atoms with Crippen molar-refractivity contribution in [3.63, 3.8) is 0 Å². The number of hydrogen-bond donors (Lipinski definition) is 3. The van der Waals surface area contributed by atoms with E-state index in [0.717, 1.165) is 16.7 Å². The van der Waals surface area contributed by atoms with Crippen LogP contribution in [0.3, 0.4) is 0 Å². The van der Waals surface area contributed by atoms with Crippen molar-refractivity contribution in [1.82, 2.24) is 9.97 Å². The quantitative estimate of drug-likeness (QED) is 0.721. The number of imidazole rings is 1. The van der Waals surface area contributed by atoms with Crippen LogP contribution in [-0.2, 0) is 4.79 Å². The van der Waals surface area contributed by atoms with Crippen LogP contribution >= 0.6 is 0 Å². The summed E-state index contributed by atoms with van der Waals surface area (Å²) >= 11 is 0. The third-order valence-electron chi connectivity index (χ3n) is 2.49. The molecule has 0 saturated carbocycles. The lowest BCUT2D eigenvalue weighted by Gasteiger charge is -2.09. The largest absolute Gasteiger partial charge is 0.345 e. The molecular formula is C11H14N4O. The smallest absolute Gasteiger partial charge is 0.228 e. The van der Waals surface area contributed by atoms with Gasteiger partial charge in [-0.1, -0.05) is 6.92 Å². The van der Waals surface area contributed by atoms with Crippen molar-refractivity contribution in [2.75, 3.05) is 11.9 Å². The molecule has 0 bridgehead atoms. The maximum absolute atomic E-state index is 11.6. The highest BCUT2D eigenvalue weighted by Crippen LogP contribution is 2.16. The maximum Gasteiger partial charge on any atom is 0.228 e. The molecule has 1 aromatic heterocycles. The molecular weight excluding hydrogens is 204 g/mol. The van der Waals surface area contributed by atoms with Crippen LogP contribution < -0.4 is 11.1 Å². The van der Waals surface area contributed by atoms with Gasteiger partial charge in [-0.2, -0.15) is 0 Å². The van der Waals surface area contributed by atoms with Crippen molar-refractivity contribution >= 4 is 22.6 Å². The first-order chi connectivity index (χ1) is 7.70. The lowest BCUT2D eigenvalue weighted by atomic mass is 10.1. The van der Waals surface area contributed by atoms with E-state index in [2.05, 4.69) is 15.3 Å². The number of fused-ring (bicyclic) bond motifs is 1. The van der Waals surface area contributed by atoms with Gasteiger partial charge in [-0.05, 0) is 18.2 Å². The SMILES string of the molecule is CC(CN)C(=O)Nc1ccc2nc[nH]c2c1. The van der Waals surface area contributed by atoms with Crippen LogP contribution in [0.15, 0.2) is 24.5 Å². The second kappa shape index (κ2) is 4.32. The average molecular weight is 218 g/mol. The Kier molecular flexibility index (Phi) is 2.87. The van der Waals surface area contributed by atoms with Gasteiger partial charge in [0.05, 0.1) is 17.4 Å². The number of nitrogens with zero attached hydrogens (tertiary/aromatic N) is 1. The number of aromatic nitrogens is 2. The molecule has 1 atom stereocenters. The first-order valence-electron chi connectivity index (χ1n) is 5.15. The minimum absolute atomic E-state index is 0.0682. The fourth-order valence-electron chi connectivity index (χ4n) is 1.39. The fraction of sp³-hybridized carbons (Fsp3) is 0.273. The van der Waals surface area contributed by atoms with Crippen molar-refractivity contribution in [1.29, 1.82) is 0 Å². The van der Waals surface area contributed by atoms with Gasteiger partial charge in [0, 0.05) is 18.2 Å². The van der Waals surface area contributed by atoms with Crippen LogP contribution in [-0.4, -0.2) is 22.4 Å². The van der Waals surface area contributed by atoms with E-state index in [4.69, 9.17) is 5.73 Å². The Balaban J connectivity index is 2.17. The highest BCUT2D eigenvalue weighted by atomic mass is 16.1. The number of H-pyrrole nitrogens is 1. The van der Waals surface area contributed by atoms with Crippen LogP contribution in [0.25, 0.3) is 11.0 Å². The molecule has 0 saturated heterocycles. The molecule has 0 fully saturated rings. The number of aromatic amines is 1. The summed E-state index contributed by atoms with van der Waals surface area (Å²) in [6, 6.07) is 5.53. The predicted octanol–water partition coefficient (Wildman–Crippen LogP) is 1.10. The van der Waals surface area contributed by atoms with E-state index >= 15 is 0 Å². The molecule has 5 nitrogen and oxygen atoms in total. The summed E-state index contributed by atoms with van der Waals surface area (Å²) in [4.78, 5) is 18.7. The van der Waals surface area contributed by atoms with E-state index < -0.39 is 0 Å². The van der Waals surface area contributed by atoms with Gasteiger partial charge in [0.1, 0.15) is 0 Å². The Morgan fingerprint density at radius 1 is 1.62 bits per heavy atom. The summed E-state index contributed by atoms with van der Waals surface area (Å²) in [7, 11) is 0. The lowest BCUT2D eigenvalue weighted by Crippen LogP contribution is -2.26. The second-order valence-corrected chi connectivity index (χ2v) is 3.76. The molecule has 0 aliphatic rings. The summed E-state index contributed by atoms with van der Waals surface area (Å²) in [5.74, 6) is -0.251. The Morgan fingerprint density at radius 3 is 3.19 bits per heavy atom. The first-order valence-corrected chi connectivity index (χ1v) is 5.15. The number of benzene rings is 1. The minimum Gasteiger partial charge on any atom is -0.345 e. The molecule has 0 aliphatic carbocycles. The zero-order chi connectivity index (χ0) is 11.5. The highest BCUT2D eigenvalue weighted by molar-refractivity contribution is 5.94. The number of carbonyl (C=O) groups excluding carboxylic acids is 1. The maximum atomic E-state index is 11.6. The summed E-state index contributed by atoms with van der Waals surface area (Å²) in [6.07, 6.45) is 1.62. The highest BCUT2D eigenvalue weighted by Gasteiger charge is 2.10. The molecule has 2 aromatic rings. The molecule has 0 aliphatic heterocycles. The Morgan fingerprint density at radius 2 is 2.44 bits per heavy atom. The van der Waals surface area contributed by atoms with Gasteiger partial charge in [0.25, 0.3) is 0 Å². The van der Waals surface area contributed by atoms with Gasteiger partial charge in [-0.25, -0.2) is 4.98 Å². The fourth-order valence-corrected chi connectivity index (χ4v) is 1.39. The van der Waals surface area contributed by atoms with Crippen LogP contribution in [0.5, 0.6) is 0 Å². The summed E-state index contributed by atoms with van der Waals surface area (Å²) in [5, 5.41) is 2.81. The van der Waals surface area contributed by atoms with Gasteiger partial charge in [-0.3, -0.25) is 4.79 Å². The molecule has 0 spiro atoms.